The first-order valence-electron chi connectivity index (χ1n) is 4.32. The minimum atomic E-state index is -0.106. The smallest absolute Gasteiger partial charge is 0.0651 e. The average molecular weight is 157 g/mol. The fraction of sp³-hybridized carbons (Fsp3) is 1.00. The Balaban J connectivity index is 2.64. The number of hydrogen-bond acceptors (Lipinski definition) is 2. The zero-order valence-corrected chi connectivity index (χ0v) is 7.81. The lowest BCUT2D eigenvalue weighted by Crippen LogP contribution is -2.56. The van der Waals surface area contributed by atoms with Gasteiger partial charge in [0.25, 0.3) is 0 Å². The molecule has 1 unspecified atom stereocenters. The van der Waals surface area contributed by atoms with Crippen molar-refractivity contribution in [3.63, 3.8) is 0 Å². The Morgan fingerprint density at radius 3 is 2.27 bits per heavy atom. The van der Waals surface area contributed by atoms with Crippen molar-refractivity contribution in [2.45, 2.75) is 39.2 Å². The van der Waals surface area contributed by atoms with E-state index in [9.17, 15) is 0 Å². The molecule has 1 saturated heterocycles. The lowest BCUT2D eigenvalue weighted by molar-refractivity contribution is -0.0112. The predicted molar refractivity (Wildman–Crippen MR) is 46.4 cm³/mol. The third-order valence-corrected chi connectivity index (χ3v) is 2.76. The van der Waals surface area contributed by atoms with Crippen LogP contribution in [0.5, 0.6) is 0 Å². The Morgan fingerprint density at radius 1 is 1.36 bits per heavy atom. The first kappa shape index (κ1) is 9.01. The molecular formula is C9H19NO. The van der Waals surface area contributed by atoms with E-state index in [1.165, 1.54) is 0 Å². The van der Waals surface area contributed by atoms with E-state index in [2.05, 4.69) is 20.8 Å². The van der Waals surface area contributed by atoms with Crippen molar-refractivity contribution in [3.8, 4) is 0 Å². The van der Waals surface area contributed by atoms with Gasteiger partial charge in [-0.3, -0.25) is 0 Å². The van der Waals surface area contributed by atoms with Crippen LogP contribution < -0.4 is 5.73 Å². The quantitative estimate of drug-likeness (QED) is 0.579. The summed E-state index contributed by atoms with van der Waals surface area (Å²) >= 11 is 0. The summed E-state index contributed by atoms with van der Waals surface area (Å²) in [6.45, 7) is 8.15. The second-order valence-corrected chi connectivity index (χ2v) is 4.56. The van der Waals surface area contributed by atoms with Gasteiger partial charge in [-0.1, -0.05) is 20.8 Å². The molecule has 2 heteroatoms. The van der Waals surface area contributed by atoms with Gasteiger partial charge < -0.3 is 10.5 Å². The van der Waals surface area contributed by atoms with Crippen LogP contribution in [0.15, 0.2) is 0 Å². The van der Waals surface area contributed by atoms with Gasteiger partial charge in [-0.05, 0) is 18.3 Å². The normalized spacial score (nSPS) is 33.8. The molecule has 0 aromatic rings. The van der Waals surface area contributed by atoms with E-state index >= 15 is 0 Å². The summed E-state index contributed by atoms with van der Waals surface area (Å²) in [4.78, 5) is 0. The summed E-state index contributed by atoms with van der Waals surface area (Å²) in [7, 11) is 0. The predicted octanol–water partition coefficient (Wildman–Crippen LogP) is 1.54. The maximum Gasteiger partial charge on any atom is 0.0651 e. The third kappa shape index (κ3) is 1.74. The van der Waals surface area contributed by atoms with Gasteiger partial charge in [0.05, 0.1) is 6.61 Å². The number of ether oxygens (including phenoxy) is 1. The molecule has 0 spiro atoms. The SMILES string of the molecule is CC(C)(C)C1(N)CCCOC1. The molecule has 2 N–H and O–H groups in total. The molecule has 1 aliphatic rings. The van der Waals surface area contributed by atoms with E-state index in [4.69, 9.17) is 10.5 Å². The molecular weight excluding hydrogens is 138 g/mol. The molecule has 1 rings (SSSR count). The van der Waals surface area contributed by atoms with Gasteiger partial charge in [-0.15, -0.1) is 0 Å². The monoisotopic (exact) mass is 157 g/mol. The van der Waals surface area contributed by atoms with E-state index in [0.29, 0.717) is 0 Å². The van der Waals surface area contributed by atoms with Crippen molar-refractivity contribution < 1.29 is 4.74 Å². The molecule has 1 fully saturated rings. The highest BCUT2D eigenvalue weighted by molar-refractivity contribution is 4.96. The molecule has 0 aromatic heterocycles. The van der Waals surface area contributed by atoms with Gasteiger partial charge in [0.2, 0.25) is 0 Å². The van der Waals surface area contributed by atoms with Crippen molar-refractivity contribution in [1.29, 1.82) is 0 Å². The van der Waals surface area contributed by atoms with Gasteiger partial charge in [-0.25, -0.2) is 0 Å². The van der Waals surface area contributed by atoms with Gasteiger partial charge in [0, 0.05) is 12.1 Å². The minimum Gasteiger partial charge on any atom is -0.380 e. The highest BCUT2D eigenvalue weighted by atomic mass is 16.5. The summed E-state index contributed by atoms with van der Waals surface area (Å²) in [5.74, 6) is 0. The fourth-order valence-corrected chi connectivity index (χ4v) is 1.41. The molecule has 0 amide bonds. The maximum atomic E-state index is 6.21. The van der Waals surface area contributed by atoms with Crippen molar-refractivity contribution in [2.24, 2.45) is 11.1 Å². The Morgan fingerprint density at radius 2 is 2.00 bits per heavy atom. The number of hydrogen-bond donors (Lipinski definition) is 1. The third-order valence-electron chi connectivity index (χ3n) is 2.76. The van der Waals surface area contributed by atoms with Gasteiger partial charge in [0.15, 0.2) is 0 Å². The summed E-state index contributed by atoms with van der Waals surface area (Å²) < 4.78 is 5.39. The Kier molecular flexibility index (Phi) is 2.26. The molecule has 1 aliphatic heterocycles. The second kappa shape index (κ2) is 2.76. The van der Waals surface area contributed by atoms with Crippen LogP contribution >= 0.6 is 0 Å². The molecule has 2 nitrogen and oxygen atoms in total. The van der Waals surface area contributed by atoms with Crippen molar-refractivity contribution in [1.82, 2.24) is 0 Å². The molecule has 11 heavy (non-hydrogen) atoms. The topological polar surface area (TPSA) is 35.2 Å². The van der Waals surface area contributed by atoms with Crippen LogP contribution in [-0.2, 0) is 4.74 Å². The lowest BCUT2D eigenvalue weighted by Gasteiger charge is -2.44. The average Bonchev–Trinajstić information content (AvgIpc) is 1.87. The molecule has 1 heterocycles. The summed E-state index contributed by atoms with van der Waals surface area (Å²) in [6, 6.07) is 0. The summed E-state index contributed by atoms with van der Waals surface area (Å²) in [5, 5.41) is 0. The fourth-order valence-electron chi connectivity index (χ4n) is 1.41. The Bertz CT molecular complexity index is 131. The van der Waals surface area contributed by atoms with Crippen LogP contribution in [0.25, 0.3) is 0 Å². The zero-order valence-electron chi connectivity index (χ0n) is 7.81. The first-order valence-corrected chi connectivity index (χ1v) is 4.32. The van der Waals surface area contributed by atoms with Crippen LogP contribution in [0.4, 0.5) is 0 Å². The van der Waals surface area contributed by atoms with Gasteiger partial charge in [-0.2, -0.15) is 0 Å². The summed E-state index contributed by atoms with van der Waals surface area (Å²) in [5.41, 5.74) is 6.27. The van der Waals surface area contributed by atoms with E-state index < -0.39 is 0 Å². The highest BCUT2D eigenvalue weighted by Crippen LogP contribution is 2.34. The Hall–Kier alpha value is -0.0800. The first-order chi connectivity index (χ1) is 4.96. The second-order valence-electron chi connectivity index (χ2n) is 4.56. The Labute approximate surface area is 69.1 Å². The molecule has 0 aliphatic carbocycles. The van der Waals surface area contributed by atoms with E-state index in [0.717, 1.165) is 26.1 Å². The molecule has 0 bridgehead atoms. The van der Waals surface area contributed by atoms with E-state index in [-0.39, 0.29) is 11.0 Å². The molecule has 0 saturated carbocycles. The largest absolute Gasteiger partial charge is 0.380 e. The lowest BCUT2D eigenvalue weighted by atomic mass is 9.71. The van der Waals surface area contributed by atoms with Crippen molar-refractivity contribution in [2.75, 3.05) is 13.2 Å². The van der Waals surface area contributed by atoms with E-state index in [1.54, 1.807) is 0 Å². The van der Waals surface area contributed by atoms with Crippen LogP contribution in [0, 0.1) is 5.41 Å². The maximum absolute atomic E-state index is 6.21. The molecule has 0 radical (unpaired) electrons. The number of nitrogens with two attached hydrogens (primary N) is 1. The molecule has 1 atom stereocenters. The van der Waals surface area contributed by atoms with Gasteiger partial charge in [0.1, 0.15) is 0 Å². The molecule has 0 aromatic carbocycles. The minimum absolute atomic E-state index is 0.106. The van der Waals surface area contributed by atoms with Crippen LogP contribution in [0.2, 0.25) is 0 Å². The van der Waals surface area contributed by atoms with Crippen molar-refractivity contribution in [3.05, 3.63) is 0 Å². The number of rotatable bonds is 0. The molecule has 66 valence electrons. The summed E-state index contributed by atoms with van der Waals surface area (Å²) in [6.07, 6.45) is 2.20. The zero-order chi connectivity index (χ0) is 8.54. The van der Waals surface area contributed by atoms with E-state index in [1.807, 2.05) is 0 Å². The van der Waals surface area contributed by atoms with Crippen LogP contribution in [0.1, 0.15) is 33.6 Å². The van der Waals surface area contributed by atoms with Crippen LogP contribution in [-0.4, -0.2) is 18.8 Å². The van der Waals surface area contributed by atoms with Crippen LogP contribution in [0.3, 0.4) is 0 Å². The highest BCUT2D eigenvalue weighted by Gasteiger charge is 2.39. The van der Waals surface area contributed by atoms with Crippen molar-refractivity contribution >= 4 is 0 Å². The standard InChI is InChI=1S/C9H19NO/c1-8(2,3)9(10)5-4-6-11-7-9/h4-7,10H2,1-3H3. The van der Waals surface area contributed by atoms with Gasteiger partial charge >= 0.3 is 0 Å².